The zero-order valence-electron chi connectivity index (χ0n) is 10.4. The number of nitrogens with one attached hydrogen (secondary N) is 1. The van der Waals surface area contributed by atoms with Gasteiger partial charge in [0.05, 0.1) is 11.0 Å². The summed E-state index contributed by atoms with van der Waals surface area (Å²) in [5, 5.41) is 10.3. The van der Waals surface area contributed by atoms with Gasteiger partial charge < -0.3 is 10.1 Å². The van der Waals surface area contributed by atoms with Gasteiger partial charge in [0.2, 0.25) is 0 Å². The molecule has 0 spiro atoms. The first-order valence-electron chi connectivity index (χ1n) is 6.04. The minimum atomic E-state index is -0.729. The number of aliphatic hydroxyl groups is 1. The van der Waals surface area contributed by atoms with Gasteiger partial charge in [0.15, 0.2) is 0 Å². The highest BCUT2D eigenvalue weighted by Gasteiger charge is 2.15. The molecule has 96 valence electrons. The third kappa shape index (κ3) is 2.29. The lowest BCUT2D eigenvalue weighted by molar-refractivity contribution is 0.211. The number of imidazole rings is 1. The van der Waals surface area contributed by atoms with E-state index in [0.717, 1.165) is 26.6 Å². The molecule has 1 atom stereocenters. The molecular formula is C15H13BrN2O. The number of aryl methyl sites for hydroxylation is 1. The molecule has 0 aliphatic carbocycles. The molecule has 0 aliphatic rings. The van der Waals surface area contributed by atoms with Gasteiger partial charge in [-0.2, -0.15) is 0 Å². The number of hydrogen-bond donors (Lipinski definition) is 2. The van der Waals surface area contributed by atoms with Crippen molar-refractivity contribution in [1.29, 1.82) is 0 Å². The summed E-state index contributed by atoms with van der Waals surface area (Å²) in [7, 11) is 0. The summed E-state index contributed by atoms with van der Waals surface area (Å²) in [6.07, 6.45) is -0.729. The molecule has 0 radical (unpaired) electrons. The Balaban J connectivity index is 2.06. The summed E-state index contributed by atoms with van der Waals surface area (Å²) >= 11 is 3.49. The summed E-state index contributed by atoms with van der Waals surface area (Å²) in [6, 6.07) is 13.5. The molecule has 3 rings (SSSR count). The van der Waals surface area contributed by atoms with Gasteiger partial charge >= 0.3 is 0 Å². The van der Waals surface area contributed by atoms with Gasteiger partial charge in [-0.25, -0.2) is 4.98 Å². The van der Waals surface area contributed by atoms with E-state index < -0.39 is 6.10 Å². The molecule has 1 aromatic heterocycles. The molecule has 2 aromatic carbocycles. The zero-order valence-corrected chi connectivity index (χ0v) is 12.0. The Morgan fingerprint density at radius 2 is 1.95 bits per heavy atom. The molecular weight excluding hydrogens is 304 g/mol. The molecule has 0 bridgehead atoms. The second-order valence-electron chi connectivity index (χ2n) is 4.55. The SMILES string of the molecule is Cc1cc2[nH]c(C(O)c3ccccc3)nc2cc1Br. The number of hydrogen-bond acceptors (Lipinski definition) is 2. The predicted octanol–water partition coefficient (Wildman–Crippen LogP) is 3.72. The van der Waals surface area contributed by atoms with Crippen LogP contribution in [0.5, 0.6) is 0 Å². The Hall–Kier alpha value is -1.65. The van der Waals surface area contributed by atoms with Crippen molar-refractivity contribution in [2.75, 3.05) is 0 Å². The zero-order chi connectivity index (χ0) is 13.4. The lowest BCUT2D eigenvalue weighted by Crippen LogP contribution is -2.01. The van der Waals surface area contributed by atoms with Crippen molar-refractivity contribution >= 4 is 27.0 Å². The number of fused-ring (bicyclic) bond motifs is 1. The Bertz CT molecular complexity index is 683. The Morgan fingerprint density at radius 3 is 2.68 bits per heavy atom. The van der Waals surface area contributed by atoms with Crippen LogP contribution in [0.2, 0.25) is 0 Å². The van der Waals surface area contributed by atoms with Crippen molar-refractivity contribution in [3.63, 3.8) is 0 Å². The summed E-state index contributed by atoms with van der Waals surface area (Å²) in [5.41, 5.74) is 3.75. The Morgan fingerprint density at radius 1 is 1.21 bits per heavy atom. The Kier molecular flexibility index (Phi) is 3.12. The van der Waals surface area contributed by atoms with E-state index in [1.807, 2.05) is 49.4 Å². The molecule has 19 heavy (non-hydrogen) atoms. The second-order valence-corrected chi connectivity index (χ2v) is 5.41. The van der Waals surface area contributed by atoms with Crippen LogP contribution in [0.4, 0.5) is 0 Å². The standard InChI is InChI=1S/C15H13BrN2O/c1-9-7-12-13(8-11(9)16)18-15(17-12)14(19)10-5-3-2-4-6-10/h2-8,14,19H,1H3,(H,17,18). The highest BCUT2D eigenvalue weighted by atomic mass is 79.9. The molecule has 4 heteroatoms. The van der Waals surface area contributed by atoms with Crippen LogP contribution in [0.3, 0.4) is 0 Å². The molecule has 3 nitrogen and oxygen atoms in total. The quantitative estimate of drug-likeness (QED) is 0.757. The normalized spacial score (nSPS) is 12.8. The lowest BCUT2D eigenvalue weighted by Gasteiger charge is -2.06. The molecule has 2 N–H and O–H groups in total. The molecule has 0 fully saturated rings. The summed E-state index contributed by atoms with van der Waals surface area (Å²) in [6.45, 7) is 2.03. The second kappa shape index (κ2) is 4.79. The number of aromatic nitrogens is 2. The van der Waals surface area contributed by atoms with Gasteiger partial charge in [-0.15, -0.1) is 0 Å². The van der Waals surface area contributed by atoms with E-state index in [1.54, 1.807) is 0 Å². The topological polar surface area (TPSA) is 48.9 Å². The van der Waals surface area contributed by atoms with Gasteiger partial charge in [0, 0.05) is 4.47 Å². The predicted molar refractivity (Wildman–Crippen MR) is 79.0 cm³/mol. The maximum absolute atomic E-state index is 10.3. The summed E-state index contributed by atoms with van der Waals surface area (Å²) in [5.74, 6) is 0.568. The third-order valence-corrected chi connectivity index (χ3v) is 4.01. The number of rotatable bonds is 2. The average molecular weight is 317 g/mol. The lowest BCUT2D eigenvalue weighted by atomic mass is 10.1. The average Bonchev–Trinajstić information content (AvgIpc) is 2.82. The molecule has 0 aliphatic heterocycles. The summed E-state index contributed by atoms with van der Waals surface area (Å²) < 4.78 is 1.02. The first-order chi connectivity index (χ1) is 9.15. The van der Waals surface area contributed by atoms with E-state index in [0.29, 0.717) is 5.82 Å². The van der Waals surface area contributed by atoms with Gasteiger partial charge in [-0.05, 0) is 30.2 Å². The molecule has 3 aromatic rings. The largest absolute Gasteiger partial charge is 0.380 e. The number of aliphatic hydroxyl groups excluding tert-OH is 1. The number of halogens is 1. The van der Waals surface area contributed by atoms with Crippen LogP contribution in [0.15, 0.2) is 46.9 Å². The van der Waals surface area contributed by atoms with E-state index in [-0.39, 0.29) is 0 Å². The van der Waals surface area contributed by atoms with Crippen LogP contribution in [0.1, 0.15) is 23.1 Å². The van der Waals surface area contributed by atoms with Gasteiger partial charge in [0.25, 0.3) is 0 Å². The highest BCUT2D eigenvalue weighted by molar-refractivity contribution is 9.10. The minimum Gasteiger partial charge on any atom is -0.380 e. The van der Waals surface area contributed by atoms with Crippen LogP contribution < -0.4 is 0 Å². The van der Waals surface area contributed by atoms with Crippen molar-refractivity contribution in [3.05, 3.63) is 63.9 Å². The summed E-state index contributed by atoms with van der Waals surface area (Å²) in [4.78, 5) is 7.64. The van der Waals surface area contributed by atoms with Crippen molar-refractivity contribution < 1.29 is 5.11 Å². The van der Waals surface area contributed by atoms with Crippen LogP contribution in [-0.2, 0) is 0 Å². The van der Waals surface area contributed by atoms with Gasteiger partial charge in [-0.3, -0.25) is 0 Å². The molecule has 0 saturated heterocycles. The first-order valence-corrected chi connectivity index (χ1v) is 6.83. The van der Waals surface area contributed by atoms with E-state index in [1.165, 1.54) is 0 Å². The molecule has 0 saturated carbocycles. The van der Waals surface area contributed by atoms with E-state index in [9.17, 15) is 5.11 Å². The van der Waals surface area contributed by atoms with Crippen molar-refractivity contribution in [1.82, 2.24) is 9.97 Å². The minimum absolute atomic E-state index is 0.568. The maximum atomic E-state index is 10.3. The van der Waals surface area contributed by atoms with Crippen molar-refractivity contribution in [2.24, 2.45) is 0 Å². The fourth-order valence-electron chi connectivity index (χ4n) is 2.08. The third-order valence-electron chi connectivity index (χ3n) is 3.15. The van der Waals surface area contributed by atoms with Gasteiger partial charge in [0.1, 0.15) is 11.9 Å². The van der Waals surface area contributed by atoms with E-state index in [4.69, 9.17) is 0 Å². The molecule has 1 heterocycles. The van der Waals surface area contributed by atoms with Crippen molar-refractivity contribution in [3.8, 4) is 0 Å². The number of nitrogens with zero attached hydrogens (tertiary/aromatic N) is 1. The van der Waals surface area contributed by atoms with Crippen LogP contribution in [-0.4, -0.2) is 15.1 Å². The Labute approximate surface area is 119 Å². The van der Waals surface area contributed by atoms with Crippen LogP contribution in [0.25, 0.3) is 11.0 Å². The first kappa shape index (κ1) is 12.4. The number of benzene rings is 2. The van der Waals surface area contributed by atoms with Gasteiger partial charge in [-0.1, -0.05) is 46.3 Å². The molecule has 0 amide bonds. The number of aromatic amines is 1. The highest BCUT2D eigenvalue weighted by Crippen LogP contribution is 2.26. The monoisotopic (exact) mass is 316 g/mol. The fourth-order valence-corrected chi connectivity index (χ4v) is 2.41. The maximum Gasteiger partial charge on any atom is 0.140 e. The fraction of sp³-hybridized carbons (Fsp3) is 0.133. The van der Waals surface area contributed by atoms with Crippen molar-refractivity contribution in [2.45, 2.75) is 13.0 Å². The smallest absolute Gasteiger partial charge is 0.140 e. The van der Waals surface area contributed by atoms with Crippen LogP contribution >= 0.6 is 15.9 Å². The number of H-pyrrole nitrogens is 1. The molecule has 1 unspecified atom stereocenters. The van der Waals surface area contributed by atoms with Crippen LogP contribution in [0, 0.1) is 6.92 Å². The van der Waals surface area contributed by atoms with E-state index >= 15 is 0 Å². The van der Waals surface area contributed by atoms with E-state index in [2.05, 4.69) is 25.9 Å².